The highest BCUT2D eigenvalue weighted by atomic mass is 127. The minimum absolute atomic E-state index is 0.191. The zero-order valence-corrected chi connectivity index (χ0v) is 16.4. The van der Waals surface area contributed by atoms with E-state index < -0.39 is 0 Å². The second kappa shape index (κ2) is 8.59. The first kappa shape index (κ1) is 18.1. The molecule has 0 spiro atoms. The van der Waals surface area contributed by atoms with E-state index in [4.69, 9.17) is 21.7 Å². The molecule has 1 aliphatic rings. The van der Waals surface area contributed by atoms with Crippen LogP contribution in [0.15, 0.2) is 48.5 Å². The van der Waals surface area contributed by atoms with E-state index in [9.17, 15) is 4.79 Å². The third kappa shape index (κ3) is 5.13. The van der Waals surface area contributed by atoms with Gasteiger partial charge in [0.2, 0.25) is 0 Å². The molecule has 0 atom stereocenters. The third-order valence-electron chi connectivity index (χ3n) is 3.67. The number of hydrogen-bond acceptors (Lipinski definition) is 4. The number of halogens is 1. The largest absolute Gasteiger partial charge is 0.432 e. The third-order valence-corrected chi connectivity index (χ3v) is 4.73. The predicted octanol–water partition coefficient (Wildman–Crippen LogP) is 3.54. The molecule has 1 aliphatic heterocycles. The summed E-state index contributed by atoms with van der Waals surface area (Å²) in [6.07, 6.45) is 0. The summed E-state index contributed by atoms with van der Waals surface area (Å²) in [7, 11) is 0. The number of rotatable bonds is 3. The number of anilines is 1. The van der Waals surface area contributed by atoms with Gasteiger partial charge in [-0.3, -0.25) is 4.79 Å². The quantitative estimate of drug-likeness (QED) is 0.552. The zero-order chi connectivity index (χ0) is 17.6. The fourth-order valence-electron chi connectivity index (χ4n) is 2.35. The summed E-state index contributed by atoms with van der Waals surface area (Å²) in [4.78, 5) is 14.4. The molecular weight excluding hydrogens is 451 g/mol. The van der Waals surface area contributed by atoms with Crippen molar-refractivity contribution >= 4 is 51.6 Å². The molecule has 130 valence electrons. The van der Waals surface area contributed by atoms with Crippen molar-refractivity contribution in [1.29, 1.82) is 0 Å². The highest BCUT2D eigenvalue weighted by Gasteiger charge is 2.16. The maximum absolute atomic E-state index is 12.4. The lowest BCUT2D eigenvalue weighted by atomic mass is 10.2. The molecule has 25 heavy (non-hydrogen) atoms. The number of thiocarbonyl (C=S) groups is 1. The van der Waals surface area contributed by atoms with Crippen molar-refractivity contribution in [2.24, 2.45) is 0 Å². The molecule has 1 fully saturated rings. The van der Waals surface area contributed by atoms with E-state index in [2.05, 4.69) is 27.9 Å². The maximum Gasteiger partial charge on any atom is 0.264 e. The fraction of sp³-hybridized carbons (Fsp3) is 0.222. The van der Waals surface area contributed by atoms with Crippen LogP contribution in [0.4, 0.5) is 5.69 Å². The van der Waals surface area contributed by atoms with Crippen molar-refractivity contribution in [2.45, 2.75) is 0 Å². The van der Waals surface area contributed by atoms with Crippen LogP contribution in [0.1, 0.15) is 10.4 Å². The van der Waals surface area contributed by atoms with Crippen LogP contribution in [0.5, 0.6) is 5.75 Å². The Labute approximate surface area is 165 Å². The van der Waals surface area contributed by atoms with E-state index in [1.54, 1.807) is 24.3 Å². The number of nitrogens with one attached hydrogen (secondary N) is 1. The lowest BCUT2D eigenvalue weighted by Crippen LogP contribution is -2.42. The minimum atomic E-state index is -0.191. The van der Waals surface area contributed by atoms with Gasteiger partial charge in [-0.05, 0) is 77.3 Å². The highest BCUT2D eigenvalue weighted by molar-refractivity contribution is 14.1. The van der Waals surface area contributed by atoms with Gasteiger partial charge in [-0.2, -0.15) is 0 Å². The van der Waals surface area contributed by atoms with Crippen molar-refractivity contribution in [1.82, 2.24) is 4.90 Å². The van der Waals surface area contributed by atoms with Crippen molar-refractivity contribution in [2.75, 3.05) is 31.6 Å². The van der Waals surface area contributed by atoms with Gasteiger partial charge in [-0.1, -0.05) is 6.07 Å². The maximum atomic E-state index is 12.4. The fourth-order valence-corrected chi connectivity index (χ4v) is 2.99. The van der Waals surface area contributed by atoms with Gasteiger partial charge in [0.1, 0.15) is 5.75 Å². The van der Waals surface area contributed by atoms with Crippen LogP contribution in [-0.2, 0) is 4.74 Å². The number of benzene rings is 2. The SMILES string of the molecule is O=C(Nc1ccc(I)cc1)c1cccc(OC(=S)N2CCOCC2)c1. The van der Waals surface area contributed by atoms with Crippen molar-refractivity contribution in [3.63, 3.8) is 0 Å². The lowest BCUT2D eigenvalue weighted by Gasteiger charge is -2.28. The molecule has 0 unspecified atom stereocenters. The molecule has 2 aromatic rings. The summed E-state index contributed by atoms with van der Waals surface area (Å²) in [6.45, 7) is 2.71. The Morgan fingerprint density at radius 2 is 1.88 bits per heavy atom. The van der Waals surface area contributed by atoms with Crippen molar-refractivity contribution in [3.8, 4) is 5.75 Å². The summed E-state index contributed by atoms with van der Waals surface area (Å²) in [5, 5.41) is 3.27. The number of nitrogens with zero attached hydrogens (tertiary/aromatic N) is 1. The average Bonchev–Trinajstić information content (AvgIpc) is 2.64. The molecule has 3 rings (SSSR count). The minimum Gasteiger partial charge on any atom is -0.432 e. The summed E-state index contributed by atoms with van der Waals surface area (Å²) in [5.74, 6) is 0.357. The van der Waals surface area contributed by atoms with Crippen LogP contribution in [0.2, 0.25) is 0 Å². The summed E-state index contributed by atoms with van der Waals surface area (Å²) in [5.41, 5.74) is 1.27. The topological polar surface area (TPSA) is 50.8 Å². The number of morpholine rings is 1. The van der Waals surface area contributed by atoms with Crippen LogP contribution in [0.3, 0.4) is 0 Å². The smallest absolute Gasteiger partial charge is 0.264 e. The van der Waals surface area contributed by atoms with Gasteiger partial charge in [-0.15, -0.1) is 0 Å². The number of amides is 1. The van der Waals surface area contributed by atoms with Crippen molar-refractivity contribution < 1.29 is 14.3 Å². The Hall–Kier alpha value is -1.71. The molecule has 2 aromatic carbocycles. The van der Waals surface area contributed by atoms with E-state index in [1.165, 1.54) is 0 Å². The van der Waals surface area contributed by atoms with Crippen LogP contribution in [0, 0.1) is 3.57 Å². The molecule has 1 saturated heterocycles. The Morgan fingerprint density at radius 3 is 2.60 bits per heavy atom. The van der Waals surface area contributed by atoms with Gasteiger partial charge in [-0.25, -0.2) is 0 Å². The summed E-state index contributed by atoms with van der Waals surface area (Å²) < 4.78 is 12.1. The monoisotopic (exact) mass is 468 g/mol. The zero-order valence-electron chi connectivity index (χ0n) is 13.4. The molecule has 1 N–H and O–H groups in total. The van der Waals surface area contributed by atoms with Gasteiger partial charge >= 0.3 is 0 Å². The molecule has 7 heteroatoms. The van der Waals surface area contributed by atoms with Crippen molar-refractivity contribution in [3.05, 3.63) is 57.7 Å². The Morgan fingerprint density at radius 1 is 1.16 bits per heavy atom. The average molecular weight is 468 g/mol. The van der Waals surface area contributed by atoms with Gasteiger partial charge in [0.15, 0.2) is 0 Å². The first-order valence-corrected chi connectivity index (χ1v) is 9.32. The molecule has 0 bridgehead atoms. The van der Waals surface area contributed by atoms with Crippen LogP contribution < -0.4 is 10.1 Å². The first-order valence-electron chi connectivity index (χ1n) is 7.83. The summed E-state index contributed by atoms with van der Waals surface area (Å²) >= 11 is 7.55. The second-order valence-corrected chi connectivity index (χ2v) is 7.05. The normalized spacial score (nSPS) is 14.0. The predicted molar refractivity (Wildman–Crippen MR) is 109 cm³/mol. The number of carbonyl (C=O) groups is 1. The first-order chi connectivity index (χ1) is 12.1. The Kier molecular flexibility index (Phi) is 6.22. The van der Waals surface area contributed by atoms with E-state index >= 15 is 0 Å². The number of carbonyl (C=O) groups excluding carboxylic acids is 1. The standard InChI is InChI=1S/C18H17IN2O3S/c19-14-4-6-15(7-5-14)20-17(22)13-2-1-3-16(12-13)24-18(25)21-8-10-23-11-9-21/h1-7,12H,8-11H2,(H,20,22). The van der Waals surface area contributed by atoms with Gasteiger partial charge < -0.3 is 19.7 Å². The van der Waals surface area contributed by atoms with Gasteiger partial charge in [0, 0.05) is 27.9 Å². The molecule has 0 aliphatic carbocycles. The molecule has 0 radical (unpaired) electrons. The van der Waals surface area contributed by atoms with E-state index in [-0.39, 0.29) is 5.91 Å². The Balaban J connectivity index is 1.64. The van der Waals surface area contributed by atoms with Gasteiger partial charge in [0.25, 0.3) is 11.1 Å². The number of ether oxygens (including phenoxy) is 2. The lowest BCUT2D eigenvalue weighted by molar-refractivity contribution is 0.0631. The van der Waals surface area contributed by atoms with Crippen LogP contribution >= 0.6 is 34.8 Å². The van der Waals surface area contributed by atoms with Crippen LogP contribution in [0.25, 0.3) is 0 Å². The summed E-state index contributed by atoms with van der Waals surface area (Å²) in [6, 6.07) is 14.6. The van der Waals surface area contributed by atoms with Crippen LogP contribution in [-0.4, -0.2) is 42.3 Å². The molecule has 1 heterocycles. The second-order valence-electron chi connectivity index (χ2n) is 5.46. The molecular formula is C18H17IN2O3S. The molecule has 1 amide bonds. The van der Waals surface area contributed by atoms with E-state index in [0.717, 1.165) is 9.26 Å². The number of hydrogen-bond donors (Lipinski definition) is 1. The highest BCUT2D eigenvalue weighted by Crippen LogP contribution is 2.17. The van der Waals surface area contributed by atoms with E-state index in [0.29, 0.717) is 42.8 Å². The molecule has 0 saturated carbocycles. The van der Waals surface area contributed by atoms with Gasteiger partial charge in [0.05, 0.1) is 13.2 Å². The molecule has 5 nitrogen and oxygen atoms in total. The van der Waals surface area contributed by atoms with E-state index in [1.807, 2.05) is 29.2 Å². The molecule has 0 aromatic heterocycles. The Bertz CT molecular complexity index is 761.